The molecule has 3 rings (SSSR count). The first-order valence-electron chi connectivity index (χ1n) is 6.75. The summed E-state index contributed by atoms with van der Waals surface area (Å²) in [6.45, 7) is 0. The van der Waals surface area contributed by atoms with E-state index in [1.165, 1.54) is 19.4 Å². The number of nitrogens with zero attached hydrogens (tertiary/aromatic N) is 2. The number of carbonyl (C=O) groups excluding carboxylic acids is 1. The van der Waals surface area contributed by atoms with E-state index >= 15 is 0 Å². The Morgan fingerprint density at radius 1 is 1.29 bits per heavy atom. The van der Waals surface area contributed by atoms with Crippen molar-refractivity contribution in [3.8, 4) is 5.88 Å². The van der Waals surface area contributed by atoms with E-state index in [9.17, 15) is 18.0 Å². The average Bonchev–Trinajstić information content (AvgIpc) is 3.03. The number of nitrogens with one attached hydrogen (secondary N) is 2. The Morgan fingerprint density at radius 3 is 2.79 bits per heavy atom. The lowest BCUT2D eigenvalue weighted by molar-refractivity contribution is -0.137. The van der Waals surface area contributed by atoms with Gasteiger partial charge in [-0.25, -0.2) is 4.98 Å². The molecule has 0 saturated heterocycles. The zero-order valence-corrected chi connectivity index (χ0v) is 12.3. The Balaban J connectivity index is 1.99. The third kappa shape index (κ3) is 3.00. The molecule has 6 nitrogen and oxygen atoms in total. The zero-order chi connectivity index (χ0) is 17.3. The summed E-state index contributed by atoms with van der Waals surface area (Å²) in [5.41, 5.74) is -0.724. The fourth-order valence-electron chi connectivity index (χ4n) is 2.16. The van der Waals surface area contributed by atoms with Crippen molar-refractivity contribution in [1.29, 1.82) is 0 Å². The standard InChI is InChI=1S/C15H11F3N4O2/c1-24-13-4-2-3-10(20-13)14(23)21-11-5-8(15(16,17)18)6-12-9(11)7-19-22-12/h2-7H,1H3,(H,19,22)(H,21,23). The van der Waals surface area contributed by atoms with Gasteiger partial charge in [-0.2, -0.15) is 18.3 Å². The minimum absolute atomic E-state index is 0.0109. The molecule has 0 aliphatic carbocycles. The topological polar surface area (TPSA) is 79.9 Å². The van der Waals surface area contributed by atoms with E-state index in [0.717, 1.165) is 12.1 Å². The second-order valence-corrected chi connectivity index (χ2v) is 4.87. The third-order valence-electron chi connectivity index (χ3n) is 3.30. The highest BCUT2D eigenvalue weighted by atomic mass is 19.4. The summed E-state index contributed by atoms with van der Waals surface area (Å²) in [5, 5.41) is 8.97. The number of benzene rings is 1. The van der Waals surface area contributed by atoms with Gasteiger partial charge < -0.3 is 10.1 Å². The van der Waals surface area contributed by atoms with Gasteiger partial charge in [0.25, 0.3) is 5.91 Å². The first kappa shape index (κ1) is 15.8. The summed E-state index contributed by atoms with van der Waals surface area (Å²) in [4.78, 5) is 16.2. The number of pyridine rings is 1. The maximum absolute atomic E-state index is 13.0. The molecule has 0 atom stereocenters. The van der Waals surface area contributed by atoms with Crippen LogP contribution in [-0.2, 0) is 6.18 Å². The maximum Gasteiger partial charge on any atom is 0.416 e. The molecule has 124 valence electrons. The molecule has 0 radical (unpaired) electrons. The number of aromatic amines is 1. The predicted octanol–water partition coefficient (Wildman–Crippen LogP) is 3.24. The van der Waals surface area contributed by atoms with Crippen LogP contribution in [0, 0.1) is 0 Å². The minimum Gasteiger partial charge on any atom is -0.481 e. The van der Waals surface area contributed by atoms with Gasteiger partial charge in [-0.3, -0.25) is 9.89 Å². The van der Waals surface area contributed by atoms with E-state index in [1.54, 1.807) is 12.1 Å². The molecule has 0 fully saturated rings. The molecule has 2 N–H and O–H groups in total. The van der Waals surface area contributed by atoms with Crippen molar-refractivity contribution in [2.24, 2.45) is 0 Å². The Kier molecular flexibility index (Phi) is 3.84. The number of anilines is 1. The van der Waals surface area contributed by atoms with Gasteiger partial charge in [-0.15, -0.1) is 0 Å². The SMILES string of the molecule is COc1cccc(C(=O)Nc2cc(C(F)(F)F)cc3[nH]ncc23)n1. The fourth-order valence-corrected chi connectivity index (χ4v) is 2.16. The number of aromatic nitrogens is 3. The van der Waals surface area contributed by atoms with E-state index in [2.05, 4.69) is 20.5 Å². The number of rotatable bonds is 3. The summed E-state index contributed by atoms with van der Waals surface area (Å²) in [6, 6.07) is 6.32. The molecule has 0 aliphatic rings. The highest BCUT2D eigenvalue weighted by Crippen LogP contribution is 2.34. The van der Waals surface area contributed by atoms with Crippen LogP contribution in [0.1, 0.15) is 16.1 Å². The van der Waals surface area contributed by atoms with E-state index in [-0.39, 0.29) is 22.8 Å². The van der Waals surface area contributed by atoms with Crippen molar-refractivity contribution >= 4 is 22.5 Å². The van der Waals surface area contributed by atoms with Gasteiger partial charge in [-0.1, -0.05) is 6.07 Å². The van der Waals surface area contributed by atoms with Gasteiger partial charge in [0.1, 0.15) is 5.69 Å². The van der Waals surface area contributed by atoms with E-state index in [1.807, 2.05) is 0 Å². The number of hydrogen-bond acceptors (Lipinski definition) is 4. The molecule has 1 amide bonds. The van der Waals surface area contributed by atoms with Crippen LogP contribution in [0.2, 0.25) is 0 Å². The number of ether oxygens (including phenoxy) is 1. The van der Waals surface area contributed by atoms with Gasteiger partial charge in [-0.05, 0) is 18.2 Å². The quantitative estimate of drug-likeness (QED) is 0.769. The van der Waals surface area contributed by atoms with Crippen LogP contribution in [0.25, 0.3) is 10.9 Å². The number of amides is 1. The first-order chi connectivity index (χ1) is 11.4. The first-order valence-corrected chi connectivity index (χ1v) is 6.75. The molecule has 0 saturated carbocycles. The Labute approximate surface area is 133 Å². The van der Waals surface area contributed by atoms with Gasteiger partial charge in [0, 0.05) is 11.5 Å². The summed E-state index contributed by atoms with van der Waals surface area (Å²) in [5.74, 6) is -0.434. The molecule has 2 heterocycles. The van der Waals surface area contributed by atoms with Gasteiger partial charge in [0.2, 0.25) is 5.88 Å². The van der Waals surface area contributed by atoms with E-state index in [0.29, 0.717) is 5.39 Å². The van der Waals surface area contributed by atoms with Crippen molar-refractivity contribution in [1.82, 2.24) is 15.2 Å². The van der Waals surface area contributed by atoms with Crippen LogP contribution in [0.3, 0.4) is 0 Å². The van der Waals surface area contributed by atoms with Crippen LogP contribution in [-0.4, -0.2) is 28.2 Å². The highest BCUT2D eigenvalue weighted by Gasteiger charge is 2.32. The number of H-pyrrole nitrogens is 1. The van der Waals surface area contributed by atoms with Crippen LogP contribution in [0.4, 0.5) is 18.9 Å². The van der Waals surface area contributed by atoms with Crippen molar-refractivity contribution in [3.05, 3.63) is 47.8 Å². The molecule has 2 aromatic heterocycles. The van der Waals surface area contributed by atoms with Gasteiger partial charge in [0.05, 0.1) is 30.1 Å². The molecule has 24 heavy (non-hydrogen) atoms. The van der Waals surface area contributed by atoms with Crippen molar-refractivity contribution in [3.63, 3.8) is 0 Å². The average molecular weight is 336 g/mol. The summed E-state index contributed by atoms with van der Waals surface area (Å²) in [6.07, 6.45) is -3.21. The second kappa shape index (κ2) is 5.84. The Hall–Kier alpha value is -3.10. The second-order valence-electron chi connectivity index (χ2n) is 4.87. The lowest BCUT2D eigenvalue weighted by Gasteiger charge is -2.11. The van der Waals surface area contributed by atoms with Crippen LogP contribution < -0.4 is 10.1 Å². The number of fused-ring (bicyclic) bond motifs is 1. The van der Waals surface area contributed by atoms with Crippen LogP contribution in [0.5, 0.6) is 5.88 Å². The van der Waals surface area contributed by atoms with E-state index < -0.39 is 17.6 Å². The molecule has 0 aliphatic heterocycles. The molecule has 1 aromatic carbocycles. The number of halogens is 3. The lowest BCUT2D eigenvalue weighted by atomic mass is 10.1. The van der Waals surface area contributed by atoms with E-state index in [4.69, 9.17) is 4.74 Å². The van der Waals surface area contributed by atoms with Crippen molar-refractivity contribution in [2.75, 3.05) is 12.4 Å². The monoisotopic (exact) mass is 336 g/mol. The smallest absolute Gasteiger partial charge is 0.416 e. The largest absolute Gasteiger partial charge is 0.481 e. The third-order valence-corrected chi connectivity index (χ3v) is 3.30. The number of hydrogen-bond donors (Lipinski definition) is 2. The molecule has 9 heteroatoms. The van der Waals surface area contributed by atoms with Gasteiger partial charge in [0.15, 0.2) is 0 Å². The number of alkyl halides is 3. The maximum atomic E-state index is 13.0. The molecular formula is C15H11F3N4O2. The summed E-state index contributed by atoms with van der Waals surface area (Å²) in [7, 11) is 1.39. The lowest BCUT2D eigenvalue weighted by Crippen LogP contribution is -2.15. The minimum atomic E-state index is -4.55. The molecular weight excluding hydrogens is 325 g/mol. The molecule has 0 spiro atoms. The fraction of sp³-hybridized carbons (Fsp3) is 0.133. The highest BCUT2D eigenvalue weighted by molar-refractivity contribution is 6.07. The van der Waals surface area contributed by atoms with Crippen LogP contribution >= 0.6 is 0 Å². The molecule has 0 unspecified atom stereocenters. The predicted molar refractivity (Wildman–Crippen MR) is 79.8 cm³/mol. The van der Waals surface area contributed by atoms with Crippen molar-refractivity contribution < 1.29 is 22.7 Å². The molecule has 0 bridgehead atoms. The Morgan fingerprint density at radius 2 is 2.08 bits per heavy atom. The van der Waals surface area contributed by atoms with Crippen LogP contribution in [0.15, 0.2) is 36.5 Å². The summed E-state index contributed by atoms with van der Waals surface area (Å²) < 4.78 is 43.9. The van der Waals surface area contributed by atoms with Crippen molar-refractivity contribution in [2.45, 2.75) is 6.18 Å². The number of methoxy groups -OCH3 is 1. The summed E-state index contributed by atoms with van der Waals surface area (Å²) >= 11 is 0. The number of carbonyl (C=O) groups is 1. The Bertz CT molecular complexity index is 905. The van der Waals surface area contributed by atoms with Gasteiger partial charge >= 0.3 is 6.18 Å². The molecule has 3 aromatic rings. The normalized spacial score (nSPS) is 11.5. The zero-order valence-electron chi connectivity index (χ0n) is 12.3.